The summed E-state index contributed by atoms with van der Waals surface area (Å²) in [7, 11) is 2.17. The molecule has 1 saturated carbocycles. The van der Waals surface area contributed by atoms with Gasteiger partial charge in [-0.2, -0.15) is 0 Å². The van der Waals surface area contributed by atoms with E-state index >= 15 is 0 Å². The molecule has 0 bridgehead atoms. The van der Waals surface area contributed by atoms with Crippen LogP contribution in [0.1, 0.15) is 77.6 Å². The maximum atomic E-state index is 13.7. The van der Waals surface area contributed by atoms with Crippen LogP contribution >= 0.6 is 0 Å². The highest BCUT2D eigenvalue weighted by Gasteiger charge is 2.49. The first-order valence-corrected chi connectivity index (χ1v) is 13.9. The SMILES string of the molecule is C[C@@H](NC(=O)c1ccnc(C2CCOCC2)n1)c1ccc(C(=C2CC3(C2)CN(C)C3)c2ccc(F)cc2)cc1. The van der Waals surface area contributed by atoms with Crippen LogP contribution in [0.15, 0.2) is 66.4 Å². The largest absolute Gasteiger partial charge is 0.381 e. The van der Waals surface area contributed by atoms with E-state index in [2.05, 4.69) is 51.5 Å². The summed E-state index contributed by atoms with van der Waals surface area (Å²) >= 11 is 0. The van der Waals surface area contributed by atoms with E-state index in [-0.39, 0.29) is 23.7 Å². The normalized spacial score (nSPS) is 19.7. The minimum absolute atomic E-state index is 0.188. The Bertz CT molecular complexity index is 1360. The van der Waals surface area contributed by atoms with Gasteiger partial charge in [0.05, 0.1) is 6.04 Å². The molecule has 1 N–H and O–H groups in total. The Morgan fingerprint density at radius 1 is 1.03 bits per heavy atom. The van der Waals surface area contributed by atoms with E-state index in [0.29, 0.717) is 24.3 Å². The molecule has 202 valence electrons. The van der Waals surface area contributed by atoms with Crippen LogP contribution in [0.3, 0.4) is 0 Å². The standard InChI is InChI=1S/C32H35FN4O2/c1-21(35-31(38)28-11-14-34-30(36-28)25-12-15-39-16-13-25)22-3-5-23(6-4-22)29(24-7-9-27(33)10-8-24)26-17-32(18-26)19-37(2)20-32/h3-11,14,21,25H,12-13,15-20H2,1-2H3,(H,35,38)/t21-/m1/s1. The first-order valence-electron chi connectivity index (χ1n) is 13.9. The highest BCUT2D eigenvalue weighted by Crippen LogP contribution is 2.54. The van der Waals surface area contributed by atoms with Crippen molar-refractivity contribution in [1.29, 1.82) is 0 Å². The van der Waals surface area contributed by atoms with E-state index < -0.39 is 0 Å². The number of halogens is 1. The Morgan fingerprint density at radius 2 is 1.67 bits per heavy atom. The number of carbonyl (C=O) groups excluding carboxylic acids is 1. The number of rotatable bonds is 6. The number of likely N-dealkylation sites (tertiary alicyclic amines) is 1. The molecular weight excluding hydrogens is 491 g/mol. The number of ether oxygens (including phenoxy) is 1. The second-order valence-electron chi connectivity index (χ2n) is 11.5. The van der Waals surface area contributed by atoms with Crippen molar-refractivity contribution in [1.82, 2.24) is 20.2 Å². The second-order valence-corrected chi connectivity index (χ2v) is 11.5. The van der Waals surface area contributed by atoms with Crippen LogP contribution < -0.4 is 5.32 Å². The van der Waals surface area contributed by atoms with Gasteiger partial charge < -0.3 is 15.0 Å². The second kappa shape index (κ2) is 10.6. The summed E-state index contributed by atoms with van der Waals surface area (Å²) in [5.41, 5.74) is 6.64. The van der Waals surface area contributed by atoms with Crippen molar-refractivity contribution in [2.75, 3.05) is 33.4 Å². The lowest BCUT2D eigenvalue weighted by Crippen LogP contribution is -2.58. The molecule has 39 heavy (non-hydrogen) atoms. The molecule has 2 aliphatic heterocycles. The van der Waals surface area contributed by atoms with E-state index in [1.807, 2.05) is 19.1 Å². The number of benzene rings is 2. The zero-order valence-electron chi connectivity index (χ0n) is 22.6. The zero-order chi connectivity index (χ0) is 27.0. The van der Waals surface area contributed by atoms with Crippen molar-refractivity contribution in [2.24, 2.45) is 5.41 Å². The van der Waals surface area contributed by atoms with Crippen molar-refractivity contribution in [2.45, 2.75) is 44.6 Å². The summed E-state index contributed by atoms with van der Waals surface area (Å²) in [6, 6.07) is 16.7. The topological polar surface area (TPSA) is 67.3 Å². The van der Waals surface area contributed by atoms with Gasteiger partial charge in [0, 0.05) is 43.8 Å². The Labute approximate surface area is 229 Å². The first kappa shape index (κ1) is 25.8. The number of allylic oxidation sites excluding steroid dienone is 1. The smallest absolute Gasteiger partial charge is 0.270 e. The van der Waals surface area contributed by atoms with Gasteiger partial charge in [0.25, 0.3) is 5.91 Å². The number of nitrogens with one attached hydrogen (secondary N) is 1. The summed E-state index contributed by atoms with van der Waals surface area (Å²) in [6.07, 6.45) is 5.60. The molecule has 2 aromatic carbocycles. The van der Waals surface area contributed by atoms with Crippen molar-refractivity contribution >= 4 is 11.5 Å². The summed E-state index contributed by atoms with van der Waals surface area (Å²) in [4.78, 5) is 24.4. The van der Waals surface area contributed by atoms with Crippen molar-refractivity contribution in [3.8, 4) is 0 Å². The van der Waals surface area contributed by atoms with Gasteiger partial charge in [0.15, 0.2) is 0 Å². The molecule has 6 nitrogen and oxygen atoms in total. The van der Waals surface area contributed by atoms with Gasteiger partial charge in [0.1, 0.15) is 17.3 Å². The van der Waals surface area contributed by atoms with Gasteiger partial charge in [-0.3, -0.25) is 4.79 Å². The number of carbonyl (C=O) groups is 1. The lowest BCUT2D eigenvalue weighted by Gasteiger charge is -2.56. The van der Waals surface area contributed by atoms with Gasteiger partial charge in [0.2, 0.25) is 0 Å². The van der Waals surface area contributed by atoms with E-state index in [9.17, 15) is 9.18 Å². The third kappa shape index (κ3) is 5.38. The number of hydrogen-bond donors (Lipinski definition) is 1. The lowest BCUT2D eigenvalue weighted by molar-refractivity contribution is -0.0106. The lowest BCUT2D eigenvalue weighted by atomic mass is 9.59. The van der Waals surface area contributed by atoms with Crippen molar-refractivity contribution in [3.05, 3.63) is 100 Å². The molecule has 3 heterocycles. The Balaban J connectivity index is 1.18. The number of hydrogen-bond acceptors (Lipinski definition) is 5. The average molecular weight is 527 g/mol. The van der Waals surface area contributed by atoms with Crippen LogP contribution in [0.25, 0.3) is 5.57 Å². The van der Waals surface area contributed by atoms with E-state index in [1.54, 1.807) is 12.3 Å². The van der Waals surface area contributed by atoms with Crippen LogP contribution in [0.5, 0.6) is 0 Å². The fourth-order valence-electron chi connectivity index (χ4n) is 6.49. The van der Waals surface area contributed by atoms with Crippen LogP contribution in [0.2, 0.25) is 0 Å². The van der Waals surface area contributed by atoms with Crippen LogP contribution in [0, 0.1) is 11.2 Å². The third-order valence-electron chi connectivity index (χ3n) is 8.41. The molecule has 1 amide bonds. The number of aromatic nitrogens is 2. The van der Waals surface area contributed by atoms with Crippen LogP contribution in [-0.4, -0.2) is 54.1 Å². The van der Waals surface area contributed by atoms with E-state index in [0.717, 1.165) is 61.3 Å². The molecule has 0 radical (unpaired) electrons. The summed E-state index contributed by atoms with van der Waals surface area (Å²) in [5.74, 6) is 0.520. The van der Waals surface area contributed by atoms with Gasteiger partial charge in [-0.1, -0.05) is 42.0 Å². The van der Waals surface area contributed by atoms with E-state index in [1.165, 1.54) is 23.3 Å². The molecule has 3 fully saturated rings. The maximum absolute atomic E-state index is 13.7. The fraction of sp³-hybridized carbons (Fsp3) is 0.406. The van der Waals surface area contributed by atoms with Crippen LogP contribution in [0.4, 0.5) is 4.39 Å². The van der Waals surface area contributed by atoms with Gasteiger partial charge in [-0.15, -0.1) is 0 Å². The average Bonchev–Trinajstić information content (AvgIpc) is 2.93. The minimum atomic E-state index is -0.225. The molecule has 2 saturated heterocycles. The zero-order valence-corrected chi connectivity index (χ0v) is 22.6. The summed E-state index contributed by atoms with van der Waals surface area (Å²) < 4.78 is 19.1. The van der Waals surface area contributed by atoms with Crippen molar-refractivity contribution in [3.63, 3.8) is 0 Å². The quantitative estimate of drug-likeness (QED) is 0.458. The molecule has 1 aliphatic carbocycles. The highest BCUT2D eigenvalue weighted by molar-refractivity contribution is 5.92. The fourth-order valence-corrected chi connectivity index (χ4v) is 6.49. The molecule has 1 atom stereocenters. The Hall–Kier alpha value is -3.42. The molecule has 3 aliphatic rings. The Kier molecular flexibility index (Phi) is 7.04. The molecule has 7 heteroatoms. The third-order valence-corrected chi connectivity index (χ3v) is 8.41. The van der Waals surface area contributed by atoms with E-state index in [4.69, 9.17) is 4.74 Å². The molecule has 6 rings (SSSR count). The monoisotopic (exact) mass is 526 g/mol. The van der Waals surface area contributed by atoms with Gasteiger partial charge in [-0.05, 0) is 80.1 Å². The predicted molar refractivity (Wildman–Crippen MR) is 149 cm³/mol. The number of nitrogens with zero attached hydrogens (tertiary/aromatic N) is 3. The maximum Gasteiger partial charge on any atom is 0.270 e. The molecule has 0 unspecified atom stereocenters. The number of amides is 1. The van der Waals surface area contributed by atoms with Gasteiger partial charge in [-0.25, -0.2) is 14.4 Å². The van der Waals surface area contributed by atoms with Crippen LogP contribution in [-0.2, 0) is 4.74 Å². The Morgan fingerprint density at radius 3 is 2.31 bits per heavy atom. The molecular formula is C32H35FN4O2. The highest BCUT2D eigenvalue weighted by atomic mass is 19.1. The van der Waals surface area contributed by atoms with Crippen molar-refractivity contribution < 1.29 is 13.9 Å². The summed E-state index contributed by atoms with van der Waals surface area (Å²) in [5, 5.41) is 3.09. The molecule has 1 spiro atoms. The molecule has 1 aromatic heterocycles. The minimum Gasteiger partial charge on any atom is -0.381 e. The molecule has 3 aromatic rings. The first-order chi connectivity index (χ1) is 18.9. The van der Waals surface area contributed by atoms with Gasteiger partial charge >= 0.3 is 0 Å². The predicted octanol–water partition coefficient (Wildman–Crippen LogP) is 5.53. The summed E-state index contributed by atoms with van der Waals surface area (Å²) in [6.45, 7) is 5.68.